The van der Waals surface area contributed by atoms with Gasteiger partial charge >= 0.3 is 0 Å². The molecule has 1 aliphatic carbocycles. The normalized spacial score (nSPS) is 14.5. The van der Waals surface area contributed by atoms with Crippen molar-refractivity contribution in [3.05, 3.63) is 60.2 Å². The smallest absolute Gasteiger partial charge is 0.256 e. The molecule has 2 aromatic carbocycles. The summed E-state index contributed by atoms with van der Waals surface area (Å²) in [6, 6.07) is 16.8. The third-order valence-corrected chi connectivity index (χ3v) is 5.91. The molecular formula is C22H26N2O2S. The third-order valence-electron chi connectivity index (χ3n) is 4.83. The van der Waals surface area contributed by atoms with Gasteiger partial charge in [0.05, 0.1) is 11.3 Å². The van der Waals surface area contributed by atoms with Crippen LogP contribution >= 0.6 is 11.8 Å². The Kier molecular flexibility index (Phi) is 7.34. The van der Waals surface area contributed by atoms with Gasteiger partial charge in [-0.2, -0.15) is 0 Å². The number of thioether (sulfide) groups is 1. The predicted molar refractivity (Wildman–Crippen MR) is 111 cm³/mol. The molecule has 2 aromatic rings. The molecule has 27 heavy (non-hydrogen) atoms. The molecule has 0 unspecified atom stereocenters. The lowest BCUT2D eigenvalue weighted by molar-refractivity contribution is -0.118. The SMILES string of the molecule is O=C(CSc1ccccc1C(=O)Nc1ccccc1)NCC1CCCCC1. The van der Waals surface area contributed by atoms with Gasteiger partial charge in [0.15, 0.2) is 0 Å². The van der Waals surface area contributed by atoms with Gasteiger partial charge in [-0.25, -0.2) is 0 Å². The first-order valence-corrected chi connectivity index (χ1v) is 10.6. The van der Waals surface area contributed by atoms with Crippen LogP contribution in [0.15, 0.2) is 59.5 Å². The summed E-state index contributed by atoms with van der Waals surface area (Å²) in [7, 11) is 0. The van der Waals surface area contributed by atoms with Crippen LogP contribution in [0.1, 0.15) is 42.5 Å². The topological polar surface area (TPSA) is 58.2 Å². The molecule has 4 nitrogen and oxygen atoms in total. The average Bonchev–Trinajstić information content (AvgIpc) is 2.72. The Bertz CT molecular complexity index is 758. The number of nitrogens with one attached hydrogen (secondary N) is 2. The monoisotopic (exact) mass is 382 g/mol. The number of carbonyl (C=O) groups is 2. The molecule has 1 saturated carbocycles. The van der Waals surface area contributed by atoms with Crippen LogP contribution < -0.4 is 10.6 Å². The molecule has 1 fully saturated rings. The van der Waals surface area contributed by atoms with E-state index in [1.54, 1.807) is 6.07 Å². The molecule has 3 rings (SSSR count). The highest BCUT2D eigenvalue weighted by molar-refractivity contribution is 8.00. The Hall–Kier alpha value is -2.27. The fraction of sp³-hybridized carbons (Fsp3) is 0.364. The Morgan fingerprint density at radius 1 is 0.926 bits per heavy atom. The van der Waals surface area contributed by atoms with E-state index in [1.165, 1.54) is 43.9 Å². The van der Waals surface area contributed by atoms with Crippen molar-refractivity contribution in [2.45, 2.75) is 37.0 Å². The molecule has 0 saturated heterocycles. The fourth-order valence-corrected chi connectivity index (χ4v) is 4.22. The Morgan fingerprint density at radius 3 is 2.41 bits per heavy atom. The van der Waals surface area contributed by atoms with Crippen LogP contribution in [0, 0.1) is 5.92 Å². The molecule has 0 bridgehead atoms. The van der Waals surface area contributed by atoms with Crippen LogP contribution in [0.25, 0.3) is 0 Å². The molecule has 5 heteroatoms. The van der Waals surface area contributed by atoms with Gasteiger partial charge in [-0.15, -0.1) is 11.8 Å². The first-order chi connectivity index (χ1) is 13.2. The van der Waals surface area contributed by atoms with Gasteiger partial charge in [-0.1, -0.05) is 49.6 Å². The van der Waals surface area contributed by atoms with Gasteiger partial charge in [-0.3, -0.25) is 9.59 Å². The van der Waals surface area contributed by atoms with Crippen LogP contribution in [0.4, 0.5) is 5.69 Å². The molecule has 0 aromatic heterocycles. The summed E-state index contributed by atoms with van der Waals surface area (Å²) in [5, 5.41) is 5.95. The third kappa shape index (κ3) is 6.14. The first-order valence-electron chi connectivity index (χ1n) is 9.57. The minimum Gasteiger partial charge on any atom is -0.355 e. The summed E-state index contributed by atoms with van der Waals surface area (Å²) in [4.78, 5) is 25.6. The van der Waals surface area contributed by atoms with Crippen molar-refractivity contribution in [2.75, 3.05) is 17.6 Å². The summed E-state index contributed by atoms with van der Waals surface area (Å²) in [6.45, 7) is 0.773. The molecule has 0 spiro atoms. The molecule has 2 N–H and O–H groups in total. The number of hydrogen-bond donors (Lipinski definition) is 2. The summed E-state index contributed by atoms with van der Waals surface area (Å²) in [5.74, 6) is 0.815. The lowest BCUT2D eigenvalue weighted by atomic mass is 9.89. The van der Waals surface area contributed by atoms with E-state index in [-0.39, 0.29) is 11.8 Å². The summed E-state index contributed by atoms with van der Waals surface area (Å²) < 4.78 is 0. The maximum atomic E-state index is 12.6. The van der Waals surface area contributed by atoms with Crippen molar-refractivity contribution < 1.29 is 9.59 Å². The standard InChI is InChI=1S/C22H26N2O2S/c25-21(23-15-17-9-3-1-4-10-17)16-27-20-14-8-7-13-19(20)22(26)24-18-11-5-2-6-12-18/h2,5-8,11-14,17H,1,3-4,9-10,15-16H2,(H,23,25)(H,24,26). The van der Waals surface area contributed by atoms with E-state index in [9.17, 15) is 9.59 Å². The second-order valence-corrected chi connectivity index (χ2v) is 7.93. The lowest BCUT2D eigenvalue weighted by Crippen LogP contribution is -2.31. The maximum absolute atomic E-state index is 12.6. The zero-order valence-corrected chi connectivity index (χ0v) is 16.3. The van der Waals surface area contributed by atoms with E-state index in [2.05, 4.69) is 10.6 Å². The van der Waals surface area contributed by atoms with Crippen LogP contribution in [0.2, 0.25) is 0 Å². The molecule has 0 atom stereocenters. The van der Waals surface area contributed by atoms with Crippen LogP contribution in [-0.4, -0.2) is 24.1 Å². The predicted octanol–water partition coefficient (Wildman–Crippen LogP) is 4.73. The fourth-order valence-electron chi connectivity index (χ4n) is 3.34. The zero-order valence-electron chi connectivity index (χ0n) is 15.4. The van der Waals surface area contributed by atoms with Gasteiger partial charge in [0.1, 0.15) is 0 Å². The second kappa shape index (κ2) is 10.2. The quantitative estimate of drug-likeness (QED) is 0.681. The molecule has 0 heterocycles. The van der Waals surface area contributed by atoms with Crippen molar-refractivity contribution in [3.63, 3.8) is 0 Å². The highest BCUT2D eigenvalue weighted by atomic mass is 32.2. The molecule has 0 radical (unpaired) electrons. The number of para-hydroxylation sites is 1. The van der Waals surface area contributed by atoms with E-state index >= 15 is 0 Å². The summed E-state index contributed by atoms with van der Waals surface area (Å²) in [6.07, 6.45) is 6.31. The van der Waals surface area contributed by atoms with Crippen LogP contribution in [-0.2, 0) is 4.79 Å². The first kappa shape index (κ1) is 19.5. The summed E-state index contributed by atoms with van der Waals surface area (Å²) in [5.41, 5.74) is 1.35. The lowest BCUT2D eigenvalue weighted by Gasteiger charge is -2.21. The van der Waals surface area contributed by atoms with Crippen molar-refractivity contribution in [1.29, 1.82) is 0 Å². The van der Waals surface area contributed by atoms with E-state index in [0.717, 1.165) is 17.1 Å². The van der Waals surface area contributed by atoms with Crippen molar-refractivity contribution in [2.24, 2.45) is 5.92 Å². The minimum atomic E-state index is -0.160. The van der Waals surface area contributed by atoms with E-state index in [0.29, 0.717) is 17.2 Å². The number of rotatable bonds is 7. The zero-order chi connectivity index (χ0) is 18.9. The molecule has 0 aliphatic heterocycles. The van der Waals surface area contributed by atoms with Crippen molar-refractivity contribution in [1.82, 2.24) is 5.32 Å². The van der Waals surface area contributed by atoms with Gasteiger partial charge < -0.3 is 10.6 Å². The number of benzene rings is 2. The van der Waals surface area contributed by atoms with E-state index in [1.807, 2.05) is 48.5 Å². The average molecular weight is 383 g/mol. The van der Waals surface area contributed by atoms with Crippen LogP contribution in [0.3, 0.4) is 0 Å². The van der Waals surface area contributed by atoms with E-state index < -0.39 is 0 Å². The number of anilines is 1. The van der Waals surface area contributed by atoms with Gasteiger partial charge in [0, 0.05) is 17.1 Å². The van der Waals surface area contributed by atoms with Gasteiger partial charge in [0.25, 0.3) is 5.91 Å². The minimum absolute atomic E-state index is 0.0313. The number of carbonyl (C=O) groups excluding carboxylic acids is 2. The molecule has 1 aliphatic rings. The van der Waals surface area contributed by atoms with Gasteiger partial charge in [-0.05, 0) is 43.0 Å². The Labute approximate surface area is 165 Å². The molecular weight excluding hydrogens is 356 g/mol. The molecule has 2 amide bonds. The Balaban J connectivity index is 1.52. The van der Waals surface area contributed by atoms with Crippen molar-refractivity contribution in [3.8, 4) is 0 Å². The maximum Gasteiger partial charge on any atom is 0.256 e. The Morgan fingerprint density at radius 2 is 1.63 bits per heavy atom. The van der Waals surface area contributed by atoms with Gasteiger partial charge in [0.2, 0.25) is 5.91 Å². The van der Waals surface area contributed by atoms with Crippen molar-refractivity contribution >= 4 is 29.3 Å². The van der Waals surface area contributed by atoms with E-state index in [4.69, 9.17) is 0 Å². The number of hydrogen-bond acceptors (Lipinski definition) is 3. The number of amides is 2. The highest BCUT2D eigenvalue weighted by Crippen LogP contribution is 2.25. The molecule has 142 valence electrons. The van der Waals surface area contributed by atoms with Crippen LogP contribution in [0.5, 0.6) is 0 Å². The second-order valence-electron chi connectivity index (χ2n) is 6.91. The summed E-state index contributed by atoms with van der Waals surface area (Å²) >= 11 is 1.41. The largest absolute Gasteiger partial charge is 0.355 e. The highest BCUT2D eigenvalue weighted by Gasteiger charge is 2.16.